The minimum Gasteiger partial charge on any atom is -0.389 e. The number of aliphatic hydroxyl groups is 1. The Morgan fingerprint density at radius 1 is 1.05 bits per heavy atom. The molecule has 0 aromatic carbocycles. The number of hydrogen-bond donors (Lipinski definition) is 1. The molecule has 0 amide bonds. The van der Waals surface area contributed by atoms with Crippen LogP contribution < -0.4 is 0 Å². The van der Waals surface area contributed by atoms with Crippen molar-refractivity contribution in [1.82, 2.24) is 0 Å². The van der Waals surface area contributed by atoms with Crippen molar-refractivity contribution in [3.63, 3.8) is 0 Å². The third-order valence-electron chi connectivity index (χ3n) is 6.97. The number of fused-ring (bicyclic) bond motifs is 2. The van der Waals surface area contributed by atoms with Crippen molar-refractivity contribution in [1.29, 1.82) is 0 Å². The maximum Gasteiger partial charge on any atom is 0.0701 e. The van der Waals surface area contributed by atoms with Crippen LogP contribution >= 0.6 is 0 Å². The van der Waals surface area contributed by atoms with E-state index in [2.05, 4.69) is 39.0 Å². The second-order valence-corrected chi connectivity index (χ2v) is 8.57. The molecule has 0 aromatic rings. The van der Waals surface area contributed by atoms with Gasteiger partial charge in [-0.25, -0.2) is 0 Å². The molecule has 1 nitrogen and oxygen atoms in total. The number of hydrogen-bond acceptors (Lipinski definition) is 1. The molecule has 0 saturated heterocycles. The van der Waals surface area contributed by atoms with Gasteiger partial charge in [-0.2, -0.15) is 0 Å². The lowest BCUT2D eigenvalue weighted by Crippen LogP contribution is -2.43. The van der Waals surface area contributed by atoms with Crippen molar-refractivity contribution in [3.8, 4) is 0 Å². The molecule has 124 valence electrons. The van der Waals surface area contributed by atoms with Gasteiger partial charge in [0.15, 0.2) is 0 Å². The van der Waals surface area contributed by atoms with Gasteiger partial charge in [-0.15, -0.1) is 0 Å². The summed E-state index contributed by atoms with van der Waals surface area (Å²) in [5.41, 5.74) is 0.994. The second kappa shape index (κ2) is 6.51. The fourth-order valence-electron chi connectivity index (χ4n) is 5.28. The first-order valence-corrected chi connectivity index (χ1v) is 9.58. The van der Waals surface area contributed by atoms with Gasteiger partial charge in [0.05, 0.1) is 5.60 Å². The van der Waals surface area contributed by atoms with Gasteiger partial charge in [-0.1, -0.05) is 56.9 Å². The molecule has 0 aromatic heterocycles. The molecule has 1 N–H and O–H groups in total. The molecular formula is C21H34O. The lowest BCUT2D eigenvalue weighted by Gasteiger charge is -2.40. The zero-order valence-electron chi connectivity index (χ0n) is 14.7. The maximum atomic E-state index is 11.6. The van der Waals surface area contributed by atoms with Crippen LogP contribution in [0.2, 0.25) is 0 Å². The van der Waals surface area contributed by atoms with E-state index in [9.17, 15) is 5.11 Å². The summed E-state index contributed by atoms with van der Waals surface area (Å²) in [4.78, 5) is 0. The predicted molar refractivity (Wildman–Crippen MR) is 93.6 cm³/mol. The number of allylic oxidation sites excluding steroid dienone is 4. The van der Waals surface area contributed by atoms with E-state index < -0.39 is 5.60 Å². The Labute approximate surface area is 136 Å². The molecule has 6 atom stereocenters. The maximum absolute atomic E-state index is 11.6. The van der Waals surface area contributed by atoms with Crippen LogP contribution in [0.4, 0.5) is 0 Å². The highest BCUT2D eigenvalue weighted by Crippen LogP contribution is 2.48. The topological polar surface area (TPSA) is 20.2 Å². The minimum absolute atomic E-state index is 0.420. The fraction of sp³-hybridized carbons (Fsp3) is 0.810. The van der Waals surface area contributed by atoms with E-state index in [-0.39, 0.29) is 0 Å². The monoisotopic (exact) mass is 302 g/mol. The average Bonchev–Trinajstić information content (AvgIpc) is 2.60. The van der Waals surface area contributed by atoms with Crippen LogP contribution in [0.5, 0.6) is 0 Å². The first-order valence-electron chi connectivity index (χ1n) is 9.58. The molecule has 0 aliphatic heterocycles. The molecule has 0 spiro atoms. The van der Waals surface area contributed by atoms with Gasteiger partial charge < -0.3 is 5.11 Å². The predicted octanol–water partition coefficient (Wildman–Crippen LogP) is 5.50. The van der Waals surface area contributed by atoms with Gasteiger partial charge in [-0.3, -0.25) is 0 Å². The molecule has 3 aliphatic rings. The largest absolute Gasteiger partial charge is 0.389 e. The van der Waals surface area contributed by atoms with Crippen molar-refractivity contribution in [2.24, 2.45) is 29.6 Å². The molecule has 2 saturated carbocycles. The minimum atomic E-state index is -0.420. The Morgan fingerprint density at radius 2 is 1.86 bits per heavy atom. The van der Waals surface area contributed by atoms with Crippen molar-refractivity contribution in [2.75, 3.05) is 0 Å². The summed E-state index contributed by atoms with van der Waals surface area (Å²) >= 11 is 0. The summed E-state index contributed by atoms with van der Waals surface area (Å²) in [5, 5.41) is 11.6. The first-order chi connectivity index (χ1) is 10.5. The highest BCUT2D eigenvalue weighted by molar-refractivity contribution is 5.24. The van der Waals surface area contributed by atoms with Crippen molar-refractivity contribution in [2.45, 2.75) is 77.7 Å². The summed E-state index contributed by atoms with van der Waals surface area (Å²) in [6.07, 6.45) is 16.9. The van der Waals surface area contributed by atoms with Gasteiger partial charge in [0, 0.05) is 0 Å². The zero-order chi connectivity index (χ0) is 15.7. The summed E-state index contributed by atoms with van der Waals surface area (Å²) in [7, 11) is 0. The van der Waals surface area contributed by atoms with E-state index in [4.69, 9.17) is 0 Å². The third-order valence-corrected chi connectivity index (χ3v) is 6.97. The van der Waals surface area contributed by atoms with Gasteiger partial charge in [0.1, 0.15) is 0 Å². The van der Waals surface area contributed by atoms with Crippen LogP contribution in [0.1, 0.15) is 72.1 Å². The molecule has 3 rings (SSSR count). The molecule has 0 radical (unpaired) electrons. The summed E-state index contributed by atoms with van der Waals surface area (Å²) in [6, 6.07) is 0. The average molecular weight is 303 g/mol. The molecule has 1 heteroatoms. The van der Waals surface area contributed by atoms with E-state index in [1.54, 1.807) is 0 Å². The standard InChI is InChI=1S/C21H34O/c1-15-5-4-6-20-14-19-13-16(2)8-10-18(19)11-12-21(20,22)17(3)9-7-15/h8,10,13,15,17-20,22H,4-7,9,11-12,14H2,1-3H3. The Morgan fingerprint density at radius 3 is 2.68 bits per heavy atom. The van der Waals surface area contributed by atoms with E-state index in [0.29, 0.717) is 23.7 Å². The molecular weight excluding hydrogens is 268 g/mol. The molecule has 2 fully saturated rings. The lowest BCUT2D eigenvalue weighted by molar-refractivity contribution is -0.0756. The highest BCUT2D eigenvalue weighted by Gasteiger charge is 2.45. The van der Waals surface area contributed by atoms with Gasteiger partial charge >= 0.3 is 0 Å². The second-order valence-electron chi connectivity index (χ2n) is 8.57. The van der Waals surface area contributed by atoms with Crippen LogP contribution in [0.3, 0.4) is 0 Å². The van der Waals surface area contributed by atoms with Gasteiger partial charge in [-0.05, 0) is 68.6 Å². The quantitative estimate of drug-likeness (QED) is 0.626. The smallest absolute Gasteiger partial charge is 0.0701 e. The van der Waals surface area contributed by atoms with E-state index in [0.717, 1.165) is 18.8 Å². The third kappa shape index (κ3) is 3.20. The van der Waals surface area contributed by atoms with E-state index >= 15 is 0 Å². The Bertz CT molecular complexity index is 449. The van der Waals surface area contributed by atoms with E-state index in [1.807, 2.05) is 0 Å². The fourth-order valence-corrected chi connectivity index (χ4v) is 5.28. The van der Waals surface area contributed by atoms with Crippen molar-refractivity contribution in [3.05, 3.63) is 23.8 Å². The Balaban J connectivity index is 1.85. The highest BCUT2D eigenvalue weighted by atomic mass is 16.3. The number of rotatable bonds is 0. The van der Waals surface area contributed by atoms with E-state index in [1.165, 1.54) is 44.1 Å². The van der Waals surface area contributed by atoms with Crippen LogP contribution in [0.15, 0.2) is 23.8 Å². The SMILES string of the molecule is CC1=CC2CC3CCCC(C)CCC(C)C3(O)CCC2C=C1. The van der Waals surface area contributed by atoms with Crippen LogP contribution in [-0.2, 0) is 0 Å². The molecule has 0 heterocycles. The molecule has 22 heavy (non-hydrogen) atoms. The Kier molecular flexibility index (Phi) is 4.83. The molecule has 0 bridgehead atoms. The summed E-state index contributed by atoms with van der Waals surface area (Å²) < 4.78 is 0. The molecule has 3 aliphatic carbocycles. The van der Waals surface area contributed by atoms with Crippen molar-refractivity contribution >= 4 is 0 Å². The zero-order valence-corrected chi connectivity index (χ0v) is 14.7. The Hall–Kier alpha value is -0.560. The lowest BCUT2D eigenvalue weighted by atomic mass is 9.71. The first kappa shape index (κ1) is 16.3. The summed E-state index contributed by atoms with van der Waals surface area (Å²) in [6.45, 7) is 6.93. The molecule has 6 unspecified atom stereocenters. The van der Waals surface area contributed by atoms with Gasteiger partial charge in [0.2, 0.25) is 0 Å². The van der Waals surface area contributed by atoms with Crippen molar-refractivity contribution < 1.29 is 5.11 Å². The van der Waals surface area contributed by atoms with Crippen LogP contribution in [-0.4, -0.2) is 10.7 Å². The van der Waals surface area contributed by atoms with Gasteiger partial charge in [0.25, 0.3) is 0 Å². The van der Waals surface area contributed by atoms with Crippen LogP contribution in [0.25, 0.3) is 0 Å². The van der Waals surface area contributed by atoms with Crippen LogP contribution in [0, 0.1) is 29.6 Å². The normalized spacial score (nSPS) is 46.4. The summed E-state index contributed by atoms with van der Waals surface area (Å²) in [5.74, 6) is 3.11.